The van der Waals surface area contributed by atoms with E-state index in [0.29, 0.717) is 0 Å². The van der Waals surface area contributed by atoms with E-state index in [9.17, 15) is 0 Å². The fraction of sp³-hybridized carbons (Fsp3) is 0.0455. The van der Waals surface area contributed by atoms with Crippen molar-refractivity contribution in [1.82, 2.24) is 0 Å². The number of hydrogen-bond donors (Lipinski definition) is 0. The van der Waals surface area contributed by atoms with Crippen LogP contribution in [-0.2, 0) is 0 Å². The molecule has 0 radical (unpaired) electrons. The molecule has 0 bridgehead atoms. The quantitative estimate of drug-likeness (QED) is 0.537. The lowest BCUT2D eigenvalue weighted by molar-refractivity contribution is 1.48. The van der Waals surface area contributed by atoms with Crippen LogP contribution in [0.25, 0.3) is 16.8 Å². The number of aliphatic imine (C=N–C) groups is 1. The predicted octanol–water partition coefficient (Wildman–Crippen LogP) is 5.83. The van der Waals surface area contributed by atoms with Crippen LogP contribution in [0.5, 0.6) is 0 Å². The molecule has 0 saturated heterocycles. The Morgan fingerprint density at radius 2 is 1.17 bits per heavy atom. The number of nitrogens with zero attached hydrogens (tertiary/aromatic N) is 1. The third kappa shape index (κ3) is 3.64. The summed E-state index contributed by atoms with van der Waals surface area (Å²) in [6, 6.07) is 28.9. The second-order valence-corrected chi connectivity index (χ2v) is 5.45. The van der Waals surface area contributed by atoms with Gasteiger partial charge in [0.1, 0.15) is 0 Å². The van der Waals surface area contributed by atoms with E-state index in [0.717, 1.165) is 22.5 Å². The van der Waals surface area contributed by atoms with Crippen LogP contribution in [0.15, 0.2) is 96.5 Å². The van der Waals surface area contributed by atoms with Gasteiger partial charge in [0.25, 0.3) is 0 Å². The standard InChI is InChI=1S/C22H19N/c1-17(19-9-5-3-6-10-19)23-18(2)20-13-15-22(16-14-20)21-11-7-4-8-12-21/h3-16H,2H2,1H3/b23-17+. The summed E-state index contributed by atoms with van der Waals surface area (Å²) in [6.07, 6.45) is 0. The molecule has 0 aromatic heterocycles. The van der Waals surface area contributed by atoms with E-state index >= 15 is 0 Å². The maximum absolute atomic E-state index is 4.64. The molecule has 0 aliphatic carbocycles. The molecule has 0 fully saturated rings. The molecular formula is C22H19N. The third-order valence-corrected chi connectivity index (χ3v) is 3.82. The molecule has 0 amide bonds. The average Bonchev–Trinajstić information content (AvgIpc) is 2.63. The van der Waals surface area contributed by atoms with E-state index in [1.165, 1.54) is 11.1 Å². The van der Waals surface area contributed by atoms with Gasteiger partial charge in [-0.3, -0.25) is 4.99 Å². The molecule has 0 heterocycles. The van der Waals surface area contributed by atoms with Gasteiger partial charge in [0.2, 0.25) is 0 Å². The Morgan fingerprint density at radius 3 is 1.78 bits per heavy atom. The Balaban J connectivity index is 1.81. The highest BCUT2D eigenvalue weighted by Gasteiger charge is 2.02. The number of hydrogen-bond acceptors (Lipinski definition) is 1. The minimum Gasteiger partial charge on any atom is -0.253 e. The fourth-order valence-electron chi connectivity index (χ4n) is 2.50. The smallest absolute Gasteiger partial charge is 0.0633 e. The van der Waals surface area contributed by atoms with E-state index in [4.69, 9.17) is 0 Å². The summed E-state index contributed by atoms with van der Waals surface area (Å²) < 4.78 is 0. The molecule has 3 aromatic carbocycles. The van der Waals surface area contributed by atoms with Crippen molar-refractivity contribution in [3.05, 3.63) is 103 Å². The highest BCUT2D eigenvalue weighted by molar-refractivity contribution is 6.01. The summed E-state index contributed by atoms with van der Waals surface area (Å²) >= 11 is 0. The highest BCUT2D eigenvalue weighted by Crippen LogP contribution is 2.22. The molecule has 3 rings (SSSR count). The van der Waals surface area contributed by atoms with Crippen molar-refractivity contribution >= 4 is 11.4 Å². The molecule has 0 aliphatic rings. The first-order valence-electron chi connectivity index (χ1n) is 7.69. The van der Waals surface area contributed by atoms with Crippen molar-refractivity contribution in [2.75, 3.05) is 0 Å². The van der Waals surface area contributed by atoms with Gasteiger partial charge in [0, 0.05) is 5.71 Å². The molecule has 0 atom stereocenters. The van der Waals surface area contributed by atoms with Crippen molar-refractivity contribution in [1.29, 1.82) is 0 Å². The van der Waals surface area contributed by atoms with E-state index in [-0.39, 0.29) is 0 Å². The zero-order chi connectivity index (χ0) is 16.1. The number of benzene rings is 3. The minimum absolute atomic E-state index is 0.783. The van der Waals surface area contributed by atoms with Crippen molar-refractivity contribution in [2.45, 2.75) is 6.92 Å². The van der Waals surface area contributed by atoms with Crippen LogP contribution in [0.1, 0.15) is 18.1 Å². The monoisotopic (exact) mass is 297 g/mol. The maximum Gasteiger partial charge on any atom is 0.0633 e. The molecule has 0 unspecified atom stereocenters. The van der Waals surface area contributed by atoms with Crippen molar-refractivity contribution in [3.63, 3.8) is 0 Å². The Morgan fingerprint density at radius 1 is 0.652 bits per heavy atom. The van der Waals surface area contributed by atoms with Crippen LogP contribution in [0, 0.1) is 0 Å². The zero-order valence-electron chi connectivity index (χ0n) is 13.2. The lowest BCUT2D eigenvalue weighted by atomic mass is 10.0. The average molecular weight is 297 g/mol. The summed E-state index contributed by atoms with van der Waals surface area (Å²) in [6.45, 7) is 6.12. The van der Waals surface area contributed by atoms with Gasteiger partial charge in [0.05, 0.1) is 5.70 Å². The Labute approximate surface area is 137 Å². The molecule has 3 aromatic rings. The summed E-state index contributed by atoms with van der Waals surface area (Å²) in [5.41, 5.74) is 6.34. The second-order valence-electron chi connectivity index (χ2n) is 5.45. The summed E-state index contributed by atoms with van der Waals surface area (Å²) in [5.74, 6) is 0. The lowest BCUT2D eigenvalue weighted by Gasteiger charge is -2.06. The van der Waals surface area contributed by atoms with Crippen molar-refractivity contribution in [3.8, 4) is 11.1 Å². The summed E-state index contributed by atoms with van der Waals surface area (Å²) in [7, 11) is 0. The largest absolute Gasteiger partial charge is 0.253 e. The Hall–Kier alpha value is -2.93. The van der Waals surface area contributed by atoms with Crippen LogP contribution in [-0.4, -0.2) is 5.71 Å². The van der Waals surface area contributed by atoms with Crippen LogP contribution >= 0.6 is 0 Å². The van der Waals surface area contributed by atoms with Gasteiger partial charge >= 0.3 is 0 Å². The van der Waals surface area contributed by atoms with E-state index in [1.54, 1.807) is 0 Å². The first kappa shape index (κ1) is 15.0. The molecule has 1 nitrogen and oxygen atoms in total. The molecular weight excluding hydrogens is 278 g/mol. The third-order valence-electron chi connectivity index (χ3n) is 3.82. The highest BCUT2D eigenvalue weighted by atomic mass is 14.7. The van der Waals surface area contributed by atoms with Crippen LogP contribution < -0.4 is 0 Å². The molecule has 0 saturated carbocycles. The second kappa shape index (κ2) is 6.89. The zero-order valence-corrected chi connectivity index (χ0v) is 13.2. The molecule has 0 aliphatic heterocycles. The van der Waals surface area contributed by atoms with E-state index in [2.05, 4.69) is 72.2 Å². The lowest BCUT2D eigenvalue weighted by Crippen LogP contribution is -1.94. The van der Waals surface area contributed by atoms with Gasteiger partial charge < -0.3 is 0 Å². The van der Waals surface area contributed by atoms with Gasteiger partial charge in [0.15, 0.2) is 0 Å². The Kier molecular flexibility index (Phi) is 4.49. The van der Waals surface area contributed by atoms with Crippen LogP contribution in [0.3, 0.4) is 0 Å². The first-order chi connectivity index (χ1) is 11.2. The van der Waals surface area contributed by atoms with Gasteiger partial charge in [-0.05, 0) is 29.2 Å². The molecule has 0 spiro atoms. The van der Waals surface area contributed by atoms with Gasteiger partial charge in [-0.1, -0.05) is 91.5 Å². The van der Waals surface area contributed by atoms with Crippen molar-refractivity contribution < 1.29 is 0 Å². The number of rotatable bonds is 4. The first-order valence-corrected chi connectivity index (χ1v) is 7.69. The fourth-order valence-corrected chi connectivity index (χ4v) is 2.50. The molecule has 0 N–H and O–H groups in total. The molecule has 112 valence electrons. The van der Waals surface area contributed by atoms with E-state index < -0.39 is 0 Å². The maximum atomic E-state index is 4.64. The van der Waals surface area contributed by atoms with Gasteiger partial charge in [-0.25, -0.2) is 0 Å². The SMILES string of the molecule is C=C(/N=C(\C)c1ccccc1)c1ccc(-c2ccccc2)cc1. The van der Waals surface area contributed by atoms with E-state index in [1.807, 2.05) is 31.2 Å². The Bertz CT molecular complexity index is 813. The summed E-state index contributed by atoms with van der Waals surface area (Å²) in [5, 5.41) is 0. The molecule has 23 heavy (non-hydrogen) atoms. The molecule has 1 heteroatoms. The summed E-state index contributed by atoms with van der Waals surface area (Å²) in [4.78, 5) is 4.64. The van der Waals surface area contributed by atoms with Gasteiger partial charge in [-0.2, -0.15) is 0 Å². The van der Waals surface area contributed by atoms with Crippen LogP contribution in [0.4, 0.5) is 0 Å². The van der Waals surface area contributed by atoms with Gasteiger partial charge in [-0.15, -0.1) is 0 Å². The minimum atomic E-state index is 0.783. The van der Waals surface area contributed by atoms with Crippen molar-refractivity contribution in [2.24, 2.45) is 4.99 Å². The van der Waals surface area contributed by atoms with Crippen LogP contribution in [0.2, 0.25) is 0 Å². The topological polar surface area (TPSA) is 12.4 Å². The normalized spacial score (nSPS) is 11.3. The predicted molar refractivity (Wildman–Crippen MR) is 99.6 cm³/mol.